The van der Waals surface area contributed by atoms with Crippen LogP contribution in [0.2, 0.25) is 0 Å². The molecule has 0 saturated carbocycles. The van der Waals surface area contributed by atoms with Crippen molar-refractivity contribution in [1.29, 1.82) is 0 Å². The molecule has 21 heavy (non-hydrogen) atoms. The molecule has 0 aromatic heterocycles. The zero-order valence-corrected chi connectivity index (χ0v) is 11.6. The first-order chi connectivity index (χ1) is 9.99. The number of benzene rings is 2. The Labute approximate surface area is 121 Å². The molecule has 3 N–H and O–H groups in total. The van der Waals surface area contributed by atoms with Crippen LogP contribution in [0.3, 0.4) is 0 Å². The number of halogens is 2. The maximum absolute atomic E-state index is 13.5. The Balaban J connectivity index is 2.06. The average Bonchev–Trinajstić information content (AvgIpc) is 2.42. The molecule has 0 radical (unpaired) electrons. The number of carbonyl (C=O) groups is 1. The van der Waals surface area contributed by atoms with Crippen LogP contribution in [0, 0.1) is 11.6 Å². The first kappa shape index (κ1) is 15.0. The molecule has 0 heterocycles. The average molecular weight is 290 g/mol. The highest BCUT2D eigenvalue weighted by Crippen LogP contribution is 2.19. The van der Waals surface area contributed by atoms with Crippen molar-refractivity contribution in [3.8, 4) is 0 Å². The summed E-state index contributed by atoms with van der Waals surface area (Å²) in [5, 5.41) is 2.65. The predicted octanol–water partition coefficient (Wildman–Crippen LogP) is 3.29. The number of anilines is 2. The molecule has 0 aliphatic carbocycles. The highest BCUT2D eigenvalue weighted by molar-refractivity contribution is 5.92. The summed E-state index contributed by atoms with van der Waals surface area (Å²) in [4.78, 5) is 11.9. The molecule has 0 unspecified atom stereocenters. The molecule has 0 saturated heterocycles. The molecule has 0 spiro atoms. The molecule has 2 rings (SSSR count). The number of hydrogen-bond acceptors (Lipinski definition) is 2. The summed E-state index contributed by atoms with van der Waals surface area (Å²) in [6.45, 7) is 1.99. The van der Waals surface area contributed by atoms with Gasteiger partial charge >= 0.3 is 0 Å². The van der Waals surface area contributed by atoms with Crippen LogP contribution in [-0.4, -0.2) is 5.91 Å². The fraction of sp³-hybridized carbons (Fsp3) is 0.188. The van der Waals surface area contributed by atoms with E-state index in [-0.39, 0.29) is 17.9 Å². The van der Waals surface area contributed by atoms with E-state index in [0.29, 0.717) is 11.4 Å². The lowest BCUT2D eigenvalue weighted by Gasteiger charge is -2.09. The summed E-state index contributed by atoms with van der Waals surface area (Å²) in [6, 6.07) is 8.39. The number of nitrogens with two attached hydrogens (primary N) is 1. The molecule has 5 heteroatoms. The Bertz CT molecular complexity index is 671. The van der Waals surface area contributed by atoms with Gasteiger partial charge in [0.25, 0.3) is 0 Å². The van der Waals surface area contributed by atoms with Crippen molar-refractivity contribution in [2.45, 2.75) is 19.8 Å². The van der Waals surface area contributed by atoms with Gasteiger partial charge in [0, 0.05) is 17.4 Å². The zero-order chi connectivity index (χ0) is 15.4. The molecule has 2 aromatic rings. The molecule has 110 valence electrons. The highest BCUT2D eigenvalue weighted by atomic mass is 19.1. The van der Waals surface area contributed by atoms with Crippen LogP contribution >= 0.6 is 0 Å². The van der Waals surface area contributed by atoms with Gasteiger partial charge in [0.1, 0.15) is 11.6 Å². The monoisotopic (exact) mass is 290 g/mol. The van der Waals surface area contributed by atoms with E-state index in [0.717, 1.165) is 24.1 Å². The SMILES string of the molecule is CCc1ccc(NC(=O)Cc2ccc(F)cc2F)cc1N. The molecule has 3 nitrogen and oxygen atoms in total. The second-order valence-electron chi connectivity index (χ2n) is 4.73. The Morgan fingerprint density at radius 3 is 2.48 bits per heavy atom. The van der Waals surface area contributed by atoms with E-state index in [1.54, 1.807) is 12.1 Å². The fourth-order valence-electron chi connectivity index (χ4n) is 2.04. The number of nitrogens with one attached hydrogen (secondary N) is 1. The lowest BCUT2D eigenvalue weighted by molar-refractivity contribution is -0.115. The largest absolute Gasteiger partial charge is 0.398 e. The summed E-state index contributed by atoms with van der Waals surface area (Å²) in [5.74, 6) is -1.78. The Hall–Kier alpha value is -2.43. The summed E-state index contributed by atoms with van der Waals surface area (Å²) in [7, 11) is 0. The molecule has 0 bridgehead atoms. The van der Waals surface area contributed by atoms with Gasteiger partial charge in [-0.15, -0.1) is 0 Å². The predicted molar refractivity (Wildman–Crippen MR) is 78.9 cm³/mol. The molecule has 1 amide bonds. The van der Waals surface area contributed by atoms with E-state index in [9.17, 15) is 13.6 Å². The van der Waals surface area contributed by atoms with Crippen molar-refractivity contribution < 1.29 is 13.6 Å². The minimum absolute atomic E-state index is 0.145. The van der Waals surface area contributed by atoms with E-state index in [1.807, 2.05) is 13.0 Å². The maximum atomic E-state index is 13.5. The van der Waals surface area contributed by atoms with Crippen LogP contribution in [0.5, 0.6) is 0 Å². The molecular weight excluding hydrogens is 274 g/mol. The Morgan fingerprint density at radius 2 is 1.86 bits per heavy atom. The molecule has 0 aliphatic rings. The number of rotatable bonds is 4. The van der Waals surface area contributed by atoms with E-state index in [2.05, 4.69) is 5.32 Å². The van der Waals surface area contributed by atoms with E-state index < -0.39 is 11.6 Å². The smallest absolute Gasteiger partial charge is 0.228 e. The first-order valence-electron chi connectivity index (χ1n) is 6.61. The zero-order valence-electron chi connectivity index (χ0n) is 11.6. The third kappa shape index (κ3) is 3.78. The Kier molecular flexibility index (Phi) is 4.52. The van der Waals surface area contributed by atoms with Crippen molar-refractivity contribution >= 4 is 17.3 Å². The van der Waals surface area contributed by atoms with Crippen molar-refractivity contribution in [2.75, 3.05) is 11.1 Å². The van der Waals surface area contributed by atoms with Crippen molar-refractivity contribution in [3.63, 3.8) is 0 Å². The van der Waals surface area contributed by atoms with E-state index in [4.69, 9.17) is 5.73 Å². The van der Waals surface area contributed by atoms with Gasteiger partial charge in [0.2, 0.25) is 5.91 Å². The van der Waals surface area contributed by atoms with Crippen LogP contribution in [0.25, 0.3) is 0 Å². The number of hydrogen-bond donors (Lipinski definition) is 2. The van der Waals surface area contributed by atoms with Crippen molar-refractivity contribution in [2.24, 2.45) is 0 Å². The maximum Gasteiger partial charge on any atom is 0.228 e. The molecular formula is C16H16F2N2O. The van der Waals surface area contributed by atoms with Gasteiger partial charge in [0.15, 0.2) is 0 Å². The van der Waals surface area contributed by atoms with E-state index >= 15 is 0 Å². The topological polar surface area (TPSA) is 55.1 Å². The van der Waals surface area contributed by atoms with Gasteiger partial charge < -0.3 is 11.1 Å². The van der Waals surface area contributed by atoms with Gasteiger partial charge in [0.05, 0.1) is 6.42 Å². The quantitative estimate of drug-likeness (QED) is 0.849. The number of carbonyl (C=O) groups excluding carboxylic acids is 1. The van der Waals surface area contributed by atoms with Crippen LogP contribution in [0.15, 0.2) is 36.4 Å². The van der Waals surface area contributed by atoms with Gasteiger partial charge in [-0.1, -0.05) is 19.1 Å². The van der Waals surface area contributed by atoms with Gasteiger partial charge in [-0.2, -0.15) is 0 Å². The van der Waals surface area contributed by atoms with Crippen LogP contribution in [0.1, 0.15) is 18.1 Å². The third-order valence-electron chi connectivity index (χ3n) is 3.18. The number of amides is 1. The first-order valence-corrected chi connectivity index (χ1v) is 6.61. The van der Waals surface area contributed by atoms with Crippen LogP contribution in [0.4, 0.5) is 20.2 Å². The van der Waals surface area contributed by atoms with Gasteiger partial charge in [-0.05, 0) is 35.7 Å². The van der Waals surface area contributed by atoms with Gasteiger partial charge in [-0.25, -0.2) is 8.78 Å². The van der Waals surface area contributed by atoms with Crippen LogP contribution in [-0.2, 0) is 17.6 Å². The highest BCUT2D eigenvalue weighted by Gasteiger charge is 2.10. The fourth-order valence-corrected chi connectivity index (χ4v) is 2.04. The summed E-state index contributed by atoms with van der Waals surface area (Å²) in [5.41, 5.74) is 8.14. The lowest BCUT2D eigenvalue weighted by Crippen LogP contribution is -2.15. The third-order valence-corrected chi connectivity index (χ3v) is 3.18. The van der Waals surface area contributed by atoms with E-state index in [1.165, 1.54) is 6.07 Å². The minimum Gasteiger partial charge on any atom is -0.398 e. The molecule has 0 fully saturated rings. The van der Waals surface area contributed by atoms with Crippen molar-refractivity contribution in [1.82, 2.24) is 0 Å². The molecule has 0 aliphatic heterocycles. The van der Waals surface area contributed by atoms with Crippen LogP contribution < -0.4 is 11.1 Å². The summed E-state index contributed by atoms with van der Waals surface area (Å²) in [6.07, 6.45) is 0.641. The summed E-state index contributed by atoms with van der Waals surface area (Å²) >= 11 is 0. The lowest BCUT2D eigenvalue weighted by atomic mass is 10.1. The minimum atomic E-state index is -0.731. The molecule has 0 atom stereocenters. The second-order valence-corrected chi connectivity index (χ2v) is 4.73. The van der Waals surface area contributed by atoms with Gasteiger partial charge in [-0.3, -0.25) is 4.79 Å². The molecule has 2 aromatic carbocycles. The normalized spacial score (nSPS) is 10.4. The summed E-state index contributed by atoms with van der Waals surface area (Å²) < 4.78 is 26.3. The number of aryl methyl sites for hydroxylation is 1. The standard InChI is InChI=1S/C16H16F2N2O/c1-2-10-4-6-13(9-15(10)19)20-16(21)7-11-3-5-12(17)8-14(11)18/h3-6,8-9H,2,7,19H2,1H3,(H,20,21). The second kappa shape index (κ2) is 6.35. The number of nitrogen functional groups attached to an aromatic ring is 1. The van der Waals surface area contributed by atoms with Crippen molar-refractivity contribution in [3.05, 3.63) is 59.2 Å². The Morgan fingerprint density at radius 1 is 1.14 bits per heavy atom.